The molecule has 10 heteroatoms. The van der Waals surface area contributed by atoms with Crippen LogP contribution in [0.5, 0.6) is 5.88 Å². The van der Waals surface area contributed by atoms with Crippen LogP contribution in [0.25, 0.3) is 22.2 Å². The van der Waals surface area contributed by atoms with E-state index in [2.05, 4.69) is 15.0 Å². The van der Waals surface area contributed by atoms with Crippen LogP contribution in [-0.4, -0.2) is 54.6 Å². The average Bonchev–Trinajstić information content (AvgIpc) is 3.59. The van der Waals surface area contributed by atoms with Crippen LogP contribution in [0.3, 0.4) is 0 Å². The molecule has 1 aliphatic rings. The molecule has 5 aromatic rings. The quantitative estimate of drug-likeness (QED) is 0.103. The van der Waals surface area contributed by atoms with Crippen LogP contribution < -0.4 is 0 Å². The first-order chi connectivity index (χ1) is 20.9. The fourth-order valence-corrected chi connectivity index (χ4v) is 5.60. The number of rotatable bonds is 9. The van der Waals surface area contributed by atoms with Gasteiger partial charge in [0.1, 0.15) is 5.82 Å². The number of carbonyl (C=O) groups is 1. The van der Waals surface area contributed by atoms with Crippen molar-refractivity contribution in [3.63, 3.8) is 0 Å². The molecular weight excluding hydrogens is 544 g/mol. The molecule has 0 radical (unpaired) electrons. The Labute approximate surface area is 248 Å². The number of benzene rings is 3. The Kier molecular flexibility index (Phi) is 7.74. The van der Waals surface area contributed by atoms with Gasteiger partial charge < -0.3 is 20.0 Å². The molecule has 0 aliphatic carbocycles. The zero-order valence-electron chi connectivity index (χ0n) is 23.8. The van der Waals surface area contributed by atoms with Crippen LogP contribution in [0, 0.1) is 17.0 Å². The molecule has 6 rings (SSSR count). The Morgan fingerprint density at radius 3 is 2.56 bits per heavy atom. The molecule has 3 heterocycles. The highest BCUT2D eigenvalue weighted by Gasteiger charge is 2.21. The lowest BCUT2D eigenvalue weighted by molar-refractivity contribution is -0.384. The molecule has 0 unspecified atom stereocenters. The third-order valence-corrected chi connectivity index (χ3v) is 7.87. The molecule has 1 saturated heterocycles. The van der Waals surface area contributed by atoms with Crippen LogP contribution in [0.15, 0.2) is 77.9 Å². The van der Waals surface area contributed by atoms with Gasteiger partial charge in [0.2, 0.25) is 5.91 Å². The lowest BCUT2D eigenvalue weighted by atomic mass is 9.98. The summed E-state index contributed by atoms with van der Waals surface area (Å²) in [5, 5.41) is 23.1. The van der Waals surface area contributed by atoms with Gasteiger partial charge in [-0.1, -0.05) is 36.4 Å². The summed E-state index contributed by atoms with van der Waals surface area (Å²) in [6.07, 6.45) is 6.18. The molecule has 10 nitrogen and oxygen atoms in total. The number of carbonyl (C=O) groups excluding carboxylic acids is 1. The summed E-state index contributed by atoms with van der Waals surface area (Å²) >= 11 is 0. The number of non-ortho nitro benzene ring substituents is 1. The Morgan fingerprint density at radius 1 is 1.07 bits per heavy atom. The summed E-state index contributed by atoms with van der Waals surface area (Å²) in [4.78, 5) is 40.6. The molecule has 43 heavy (non-hydrogen) atoms. The number of aromatic amines is 2. The molecule has 1 aliphatic heterocycles. The van der Waals surface area contributed by atoms with E-state index in [0.717, 1.165) is 67.0 Å². The third-order valence-electron chi connectivity index (χ3n) is 7.87. The molecule has 1 fully saturated rings. The zero-order chi connectivity index (χ0) is 29.9. The second-order valence-electron chi connectivity index (χ2n) is 10.9. The largest absolute Gasteiger partial charge is 0.494 e. The first-order valence-electron chi connectivity index (χ1n) is 14.4. The Hall–Kier alpha value is -5.25. The number of hydrogen-bond donors (Lipinski definition) is 3. The van der Waals surface area contributed by atoms with Crippen molar-refractivity contribution in [3.05, 3.63) is 106 Å². The average molecular weight is 577 g/mol. The lowest BCUT2D eigenvalue weighted by Crippen LogP contribution is -2.36. The molecule has 3 aromatic carbocycles. The van der Waals surface area contributed by atoms with E-state index in [1.54, 1.807) is 12.3 Å². The van der Waals surface area contributed by atoms with Gasteiger partial charge in [0.25, 0.3) is 5.69 Å². The van der Waals surface area contributed by atoms with E-state index in [4.69, 9.17) is 4.99 Å². The van der Waals surface area contributed by atoms with E-state index in [9.17, 15) is 20.0 Å². The molecule has 3 N–H and O–H groups in total. The fourth-order valence-electron chi connectivity index (χ4n) is 5.60. The maximum absolute atomic E-state index is 12.1. The minimum Gasteiger partial charge on any atom is -0.494 e. The maximum Gasteiger partial charge on any atom is 0.270 e. The predicted molar refractivity (Wildman–Crippen MR) is 166 cm³/mol. The Morgan fingerprint density at radius 2 is 1.86 bits per heavy atom. The fraction of sp³-hybridized carbons (Fsp3) is 0.242. The molecule has 2 aromatic heterocycles. The second-order valence-corrected chi connectivity index (χ2v) is 10.9. The van der Waals surface area contributed by atoms with Gasteiger partial charge >= 0.3 is 0 Å². The van der Waals surface area contributed by atoms with Crippen molar-refractivity contribution >= 4 is 33.9 Å². The van der Waals surface area contributed by atoms with Crippen molar-refractivity contribution in [2.24, 2.45) is 4.99 Å². The summed E-state index contributed by atoms with van der Waals surface area (Å²) in [6.45, 7) is 3.49. The highest BCUT2D eigenvalue weighted by Crippen LogP contribution is 2.34. The lowest BCUT2D eigenvalue weighted by Gasteiger charge is -2.26. The van der Waals surface area contributed by atoms with E-state index < -0.39 is 4.92 Å². The normalized spacial score (nSPS) is 14.0. The number of hydrogen-bond acceptors (Lipinski definition) is 6. The van der Waals surface area contributed by atoms with Gasteiger partial charge in [0.15, 0.2) is 5.88 Å². The minimum absolute atomic E-state index is 0.0751. The number of fused-ring (bicyclic) bond motifs is 1. The van der Waals surface area contributed by atoms with E-state index in [-0.39, 0.29) is 17.5 Å². The van der Waals surface area contributed by atoms with Crippen molar-refractivity contribution < 1.29 is 14.8 Å². The van der Waals surface area contributed by atoms with Crippen LogP contribution in [0.2, 0.25) is 0 Å². The zero-order valence-corrected chi connectivity index (χ0v) is 23.8. The van der Waals surface area contributed by atoms with Crippen LogP contribution in [-0.2, 0) is 11.2 Å². The smallest absolute Gasteiger partial charge is 0.270 e. The SMILES string of the molecule is Cc1ncc(-c2ccc(N=C(c3ccc(CCCN4CCCCC4=O)cc3)c3c(O)[nH]c4ccc([N+](=O)[O-])cc34)cc2)[nH]1. The van der Waals surface area contributed by atoms with Gasteiger partial charge in [-0.15, -0.1) is 0 Å². The second kappa shape index (κ2) is 11.9. The molecular formula is C33H32N6O4. The molecule has 0 bridgehead atoms. The highest BCUT2D eigenvalue weighted by atomic mass is 16.6. The Bertz CT molecular complexity index is 1820. The molecule has 218 valence electrons. The van der Waals surface area contributed by atoms with Gasteiger partial charge in [-0.3, -0.25) is 14.9 Å². The molecule has 0 saturated carbocycles. The summed E-state index contributed by atoms with van der Waals surface area (Å²) in [7, 11) is 0. The topological polar surface area (TPSA) is 141 Å². The number of aryl methyl sites for hydroxylation is 2. The van der Waals surface area contributed by atoms with Gasteiger partial charge in [-0.25, -0.2) is 9.98 Å². The Balaban J connectivity index is 1.34. The highest BCUT2D eigenvalue weighted by molar-refractivity contribution is 6.22. The summed E-state index contributed by atoms with van der Waals surface area (Å²) in [6, 6.07) is 20.1. The van der Waals surface area contributed by atoms with Gasteiger partial charge in [0, 0.05) is 48.1 Å². The maximum atomic E-state index is 12.1. The van der Waals surface area contributed by atoms with E-state index in [0.29, 0.717) is 34.3 Å². The number of aliphatic imine (C=N–C) groups is 1. The number of piperidine rings is 1. The minimum atomic E-state index is -0.452. The number of likely N-dealkylation sites (tertiary alicyclic amines) is 1. The van der Waals surface area contributed by atoms with E-state index in [1.807, 2.05) is 60.4 Å². The number of nitrogens with zero attached hydrogens (tertiary/aromatic N) is 4. The number of nitrogens with one attached hydrogen (secondary N) is 2. The van der Waals surface area contributed by atoms with Crippen molar-refractivity contribution in [1.29, 1.82) is 0 Å². The molecule has 0 atom stereocenters. The van der Waals surface area contributed by atoms with Crippen LogP contribution >= 0.6 is 0 Å². The van der Waals surface area contributed by atoms with Crippen LogP contribution in [0.1, 0.15) is 48.2 Å². The van der Waals surface area contributed by atoms with Crippen molar-refractivity contribution in [3.8, 4) is 17.1 Å². The van der Waals surface area contributed by atoms with Crippen LogP contribution in [0.4, 0.5) is 11.4 Å². The number of aromatic nitrogens is 3. The number of amides is 1. The number of H-pyrrole nitrogens is 2. The first kappa shape index (κ1) is 27.9. The van der Waals surface area contributed by atoms with Gasteiger partial charge in [-0.2, -0.15) is 0 Å². The summed E-state index contributed by atoms with van der Waals surface area (Å²) in [5.74, 6) is 0.953. The van der Waals surface area contributed by atoms with Crippen molar-refractivity contribution in [2.75, 3.05) is 13.1 Å². The number of aromatic hydroxyl groups is 1. The molecule has 1 amide bonds. The standard InChI is InChI=1S/C33H32N6O4/c1-21-34-20-29(35-21)23-11-13-25(14-12-23)36-32(31-27-19-26(39(42)43)15-16-28(27)37-33(31)41)24-9-7-22(8-10-24)5-4-18-38-17-3-2-6-30(38)40/h7-16,19-20,37,41H,2-6,17-18H2,1H3,(H,34,35). The first-order valence-corrected chi connectivity index (χ1v) is 14.4. The number of nitro groups is 1. The van der Waals surface area contributed by atoms with Gasteiger partial charge in [-0.05, 0) is 61.9 Å². The van der Waals surface area contributed by atoms with E-state index in [1.165, 1.54) is 12.1 Å². The number of imidazole rings is 1. The molecule has 0 spiro atoms. The monoisotopic (exact) mass is 576 g/mol. The van der Waals surface area contributed by atoms with Crippen molar-refractivity contribution in [1.82, 2.24) is 19.9 Å². The van der Waals surface area contributed by atoms with E-state index >= 15 is 0 Å². The number of nitro benzene ring substituents is 1. The van der Waals surface area contributed by atoms with Gasteiger partial charge in [0.05, 0.1) is 33.8 Å². The summed E-state index contributed by atoms with van der Waals surface area (Å²) < 4.78 is 0. The van der Waals surface area contributed by atoms with Crippen molar-refractivity contribution in [2.45, 2.75) is 39.0 Å². The third kappa shape index (κ3) is 6.04. The predicted octanol–water partition coefficient (Wildman–Crippen LogP) is 6.59. The summed E-state index contributed by atoms with van der Waals surface area (Å²) in [5.41, 5.74) is 5.77.